The van der Waals surface area contributed by atoms with E-state index in [0.717, 1.165) is 4.47 Å². The van der Waals surface area contributed by atoms with Crippen molar-refractivity contribution < 1.29 is 14.3 Å². The molecule has 0 bridgehead atoms. The first-order chi connectivity index (χ1) is 13.5. The van der Waals surface area contributed by atoms with E-state index in [0.29, 0.717) is 40.1 Å². The molecule has 144 valence electrons. The second kappa shape index (κ2) is 9.73. The summed E-state index contributed by atoms with van der Waals surface area (Å²) in [5, 5.41) is 7.69. The molecule has 3 rings (SSSR count). The van der Waals surface area contributed by atoms with Crippen LogP contribution in [0.5, 0.6) is 5.75 Å². The second-order valence-corrected chi connectivity index (χ2v) is 7.96. The summed E-state index contributed by atoms with van der Waals surface area (Å²) in [5.41, 5.74) is 0.784. The number of ether oxygens (including phenoxy) is 1. The molecule has 1 aromatic heterocycles. The van der Waals surface area contributed by atoms with Gasteiger partial charge in [-0.1, -0.05) is 39.7 Å². The first kappa shape index (κ1) is 20.4. The number of carbonyl (C=O) groups excluding carboxylic acids is 2. The zero-order valence-corrected chi connectivity index (χ0v) is 17.7. The van der Waals surface area contributed by atoms with Gasteiger partial charge in [-0.2, -0.15) is 0 Å². The van der Waals surface area contributed by atoms with Crippen LogP contribution in [0.1, 0.15) is 20.0 Å². The van der Waals surface area contributed by atoms with Gasteiger partial charge in [0, 0.05) is 10.0 Å². The fourth-order valence-corrected chi connectivity index (χ4v) is 3.51. The summed E-state index contributed by atoms with van der Waals surface area (Å²) in [5.74, 6) is 0.173. The van der Waals surface area contributed by atoms with Gasteiger partial charge in [-0.15, -0.1) is 11.3 Å². The van der Waals surface area contributed by atoms with Crippen LogP contribution in [0.4, 0.5) is 5.69 Å². The van der Waals surface area contributed by atoms with E-state index in [1.54, 1.807) is 30.3 Å². The number of carbonyl (C=O) groups is 2. The van der Waals surface area contributed by atoms with Gasteiger partial charge in [0.05, 0.1) is 22.1 Å². The normalized spacial score (nSPS) is 10.4. The molecule has 0 saturated carbocycles. The lowest BCUT2D eigenvalue weighted by molar-refractivity contribution is 0.0945. The molecule has 0 radical (unpaired) electrons. The number of nitrogens with one attached hydrogen (secondary N) is 2. The minimum atomic E-state index is -0.277. The summed E-state index contributed by atoms with van der Waals surface area (Å²) in [6.45, 7) is 0.669. The Balaban J connectivity index is 1.55. The van der Waals surface area contributed by atoms with E-state index in [4.69, 9.17) is 16.3 Å². The highest BCUT2D eigenvalue weighted by molar-refractivity contribution is 9.10. The topological polar surface area (TPSA) is 67.4 Å². The van der Waals surface area contributed by atoms with Gasteiger partial charge in [0.15, 0.2) is 0 Å². The fourth-order valence-electron chi connectivity index (χ4n) is 2.35. The lowest BCUT2D eigenvalue weighted by atomic mass is 10.2. The lowest BCUT2D eigenvalue weighted by Crippen LogP contribution is -2.28. The van der Waals surface area contributed by atoms with Gasteiger partial charge in [-0.3, -0.25) is 9.59 Å². The van der Waals surface area contributed by atoms with Crippen molar-refractivity contribution in [3.8, 4) is 5.75 Å². The van der Waals surface area contributed by atoms with E-state index in [1.165, 1.54) is 11.3 Å². The van der Waals surface area contributed by atoms with E-state index >= 15 is 0 Å². The van der Waals surface area contributed by atoms with Gasteiger partial charge < -0.3 is 15.4 Å². The predicted molar refractivity (Wildman–Crippen MR) is 116 cm³/mol. The number of hydrogen-bond acceptors (Lipinski definition) is 4. The van der Waals surface area contributed by atoms with Crippen molar-refractivity contribution in [2.24, 2.45) is 0 Å². The van der Waals surface area contributed by atoms with E-state index in [2.05, 4.69) is 26.6 Å². The number of hydrogen-bond donors (Lipinski definition) is 2. The molecule has 5 nitrogen and oxygen atoms in total. The zero-order chi connectivity index (χ0) is 19.9. The number of thiophene rings is 1. The number of rotatable bonds is 7. The van der Waals surface area contributed by atoms with E-state index < -0.39 is 0 Å². The van der Waals surface area contributed by atoms with Crippen molar-refractivity contribution in [3.05, 3.63) is 79.9 Å². The largest absolute Gasteiger partial charge is 0.492 e. The minimum Gasteiger partial charge on any atom is -0.492 e. The van der Waals surface area contributed by atoms with Gasteiger partial charge in [-0.05, 0) is 47.8 Å². The molecule has 2 amide bonds. The van der Waals surface area contributed by atoms with Crippen molar-refractivity contribution in [1.82, 2.24) is 5.32 Å². The summed E-state index contributed by atoms with van der Waals surface area (Å²) < 4.78 is 6.51. The quantitative estimate of drug-likeness (QED) is 0.456. The molecule has 0 fully saturated rings. The number of halogens is 2. The van der Waals surface area contributed by atoms with Crippen LogP contribution in [-0.4, -0.2) is 25.0 Å². The summed E-state index contributed by atoms with van der Waals surface area (Å²) in [6.07, 6.45) is 0. The average Bonchev–Trinajstić information content (AvgIpc) is 3.22. The molecule has 2 N–H and O–H groups in total. The smallest absolute Gasteiger partial charge is 0.265 e. The first-order valence-corrected chi connectivity index (χ1v) is 10.4. The Morgan fingerprint density at radius 2 is 1.93 bits per heavy atom. The maximum atomic E-state index is 12.4. The lowest BCUT2D eigenvalue weighted by Gasteiger charge is -2.10. The van der Waals surface area contributed by atoms with Crippen LogP contribution in [0.15, 0.2) is 64.5 Å². The SMILES string of the molecule is O=C(NCCOc1cccc(Br)c1)c1ccc(Cl)c(NC(=O)c2cccs2)c1. The minimum absolute atomic E-state index is 0.267. The third kappa shape index (κ3) is 5.58. The van der Waals surface area contributed by atoms with Crippen molar-refractivity contribution in [2.75, 3.05) is 18.5 Å². The van der Waals surface area contributed by atoms with Crippen LogP contribution in [0.2, 0.25) is 5.02 Å². The van der Waals surface area contributed by atoms with Crippen molar-refractivity contribution >= 4 is 56.4 Å². The molecule has 0 unspecified atom stereocenters. The summed E-state index contributed by atoms with van der Waals surface area (Å²) >= 11 is 10.9. The molecular formula is C20H16BrClN2O3S. The van der Waals surface area contributed by atoms with Crippen LogP contribution >= 0.6 is 38.9 Å². The Kier molecular flexibility index (Phi) is 7.08. The van der Waals surface area contributed by atoms with Crippen LogP contribution in [-0.2, 0) is 0 Å². The Morgan fingerprint density at radius 1 is 1.07 bits per heavy atom. The molecule has 0 saturated heterocycles. The summed E-state index contributed by atoms with van der Waals surface area (Å²) in [4.78, 5) is 25.1. The van der Waals surface area contributed by atoms with Gasteiger partial charge >= 0.3 is 0 Å². The van der Waals surface area contributed by atoms with Gasteiger partial charge in [0.1, 0.15) is 12.4 Å². The monoisotopic (exact) mass is 478 g/mol. The standard InChI is InChI=1S/C20H16BrClN2O3S/c21-14-3-1-4-15(12-14)27-9-8-23-19(25)13-6-7-16(22)17(11-13)24-20(26)18-5-2-10-28-18/h1-7,10-12H,8-9H2,(H,23,25)(H,24,26). The summed E-state index contributed by atoms with van der Waals surface area (Å²) in [7, 11) is 0. The molecule has 0 aliphatic rings. The van der Waals surface area contributed by atoms with Crippen molar-refractivity contribution in [2.45, 2.75) is 0 Å². The molecule has 28 heavy (non-hydrogen) atoms. The molecule has 0 spiro atoms. The highest BCUT2D eigenvalue weighted by atomic mass is 79.9. The van der Waals surface area contributed by atoms with Crippen LogP contribution < -0.4 is 15.4 Å². The van der Waals surface area contributed by atoms with Gasteiger partial charge in [0.2, 0.25) is 0 Å². The number of anilines is 1. The van der Waals surface area contributed by atoms with Crippen LogP contribution in [0, 0.1) is 0 Å². The van der Waals surface area contributed by atoms with Gasteiger partial charge in [-0.25, -0.2) is 0 Å². The highest BCUT2D eigenvalue weighted by Crippen LogP contribution is 2.24. The molecule has 0 aliphatic heterocycles. The van der Waals surface area contributed by atoms with Crippen LogP contribution in [0.3, 0.4) is 0 Å². The molecule has 2 aromatic carbocycles. The third-order valence-corrected chi connectivity index (χ3v) is 5.37. The maximum absolute atomic E-state index is 12.4. The fraction of sp³-hybridized carbons (Fsp3) is 0.100. The number of amides is 2. The molecule has 8 heteroatoms. The first-order valence-electron chi connectivity index (χ1n) is 8.34. The van der Waals surface area contributed by atoms with E-state index in [9.17, 15) is 9.59 Å². The Bertz CT molecular complexity index is 979. The van der Waals surface area contributed by atoms with Crippen molar-refractivity contribution in [1.29, 1.82) is 0 Å². The van der Waals surface area contributed by atoms with Crippen LogP contribution in [0.25, 0.3) is 0 Å². The Labute approximate surface area is 179 Å². The third-order valence-electron chi connectivity index (χ3n) is 3.67. The van der Waals surface area contributed by atoms with Gasteiger partial charge in [0.25, 0.3) is 11.8 Å². The average molecular weight is 480 g/mol. The number of benzene rings is 2. The molecule has 0 aliphatic carbocycles. The zero-order valence-electron chi connectivity index (χ0n) is 14.6. The van der Waals surface area contributed by atoms with Crippen molar-refractivity contribution in [3.63, 3.8) is 0 Å². The molecule has 1 heterocycles. The Morgan fingerprint density at radius 3 is 2.68 bits per heavy atom. The van der Waals surface area contributed by atoms with E-state index in [-0.39, 0.29) is 11.8 Å². The Hall–Kier alpha value is -2.35. The molecule has 3 aromatic rings. The maximum Gasteiger partial charge on any atom is 0.265 e. The highest BCUT2D eigenvalue weighted by Gasteiger charge is 2.12. The second-order valence-electron chi connectivity index (χ2n) is 5.69. The van der Waals surface area contributed by atoms with E-state index in [1.807, 2.05) is 29.6 Å². The molecular weight excluding hydrogens is 464 g/mol. The summed E-state index contributed by atoms with van der Waals surface area (Å²) in [6, 6.07) is 15.7. The molecule has 0 atom stereocenters. The predicted octanol–water partition coefficient (Wildman–Crippen LogP) is 5.23.